The minimum Gasteiger partial charge on any atom is -0.447 e. The fourth-order valence-corrected chi connectivity index (χ4v) is 3.40. The van der Waals surface area contributed by atoms with Gasteiger partial charge in [0, 0.05) is 19.1 Å². The lowest BCUT2D eigenvalue weighted by atomic mass is 10.0. The number of carbonyl (C=O) groups is 1. The van der Waals surface area contributed by atoms with E-state index in [1.165, 1.54) is 12.3 Å². The number of hydrogen-bond acceptors (Lipinski definition) is 4. The van der Waals surface area contributed by atoms with E-state index in [9.17, 15) is 18.0 Å². The fourth-order valence-electron chi connectivity index (χ4n) is 3.40. The third kappa shape index (κ3) is 6.92. The van der Waals surface area contributed by atoms with Crippen LogP contribution in [0.5, 0.6) is 0 Å². The molecule has 3 aromatic rings. The first kappa shape index (κ1) is 24.5. The van der Waals surface area contributed by atoms with Gasteiger partial charge in [-0.3, -0.25) is 9.69 Å². The first-order valence-corrected chi connectivity index (χ1v) is 10.8. The summed E-state index contributed by atoms with van der Waals surface area (Å²) >= 11 is 0. The third-order valence-electron chi connectivity index (χ3n) is 5.26. The quantitative estimate of drug-likeness (QED) is 0.437. The second kappa shape index (κ2) is 10.7. The van der Waals surface area contributed by atoms with Crippen molar-refractivity contribution in [3.8, 4) is 0 Å². The maximum Gasteiger partial charge on any atom is 0.416 e. The summed E-state index contributed by atoms with van der Waals surface area (Å²) in [6, 6.07) is 14.8. The van der Waals surface area contributed by atoms with Gasteiger partial charge in [-0.25, -0.2) is 4.98 Å². The number of aromatic nitrogens is 1. The van der Waals surface area contributed by atoms with E-state index in [2.05, 4.69) is 10.3 Å². The van der Waals surface area contributed by atoms with Crippen LogP contribution in [0, 0.1) is 5.92 Å². The molecule has 0 spiro atoms. The van der Waals surface area contributed by atoms with Gasteiger partial charge >= 0.3 is 6.18 Å². The zero-order valence-corrected chi connectivity index (χ0v) is 18.9. The Labute approximate surface area is 191 Å². The van der Waals surface area contributed by atoms with Crippen molar-refractivity contribution < 1.29 is 22.4 Å². The molecule has 33 heavy (non-hydrogen) atoms. The van der Waals surface area contributed by atoms with Gasteiger partial charge in [0.1, 0.15) is 6.26 Å². The average molecular weight is 460 g/mol. The first-order valence-electron chi connectivity index (χ1n) is 10.8. The highest BCUT2D eigenvalue weighted by atomic mass is 19.4. The highest BCUT2D eigenvalue weighted by Gasteiger charge is 2.30. The Morgan fingerprint density at radius 2 is 1.79 bits per heavy atom. The molecule has 2 aromatic carbocycles. The van der Waals surface area contributed by atoms with Crippen molar-refractivity contribution >= 4 is 5.91 Å². The van der Waals surface area contributed by atoms with Crippen molar-refractivity contribution in [2.45, 2.75) is 46.1 Å². The van der Waals surface area contributed by atoms with Crippen LogP contribution >= 0.6 is 0 Å². The smallest absolute Gasteiger partial charge is 0.416 e. The normalized spacial score (nSPS) is 12.8. The van der Waals surface area contributed by atoms with Crippen LogP contribution in [-0.4, -0.2) is 22.3 Å². The summed E-state index contributed by atoms with van der Waals surface area (Å²) in [5.74, 6) is 0.300. The molecule has 0 saturated carbocycles. The second-order valence-corrected chi connectivity index (χ2v) is 8.42. The van der Waals surface area contributed by atoms with Gasteiger partial charge in [-0.15, -0.1) is 0 Å². The molecule has 0 unspecified atom stereocenters. The largest absolute Gasteiger partial charge is 0.447 e. The van der Waals surface area contributed by atoms with Crippen LogP contribution in [0.2, 0.25) is 0 Å². The molecule has 0 saturated heterocycles. The third-order valence-corrected chi connectivity index (χ3v) is 5.26. The Hall–Kier alpha value is -3.13. The molecule has 0 fully saturated rings. The minimum atomic E-state index is -4.41. The number of amides is 1. The summed E-state index contributed by atoms with van der Waals surface area (Å²) in [7, 11) is 0. The molecular weight excluding hydrogens is 431 g/mol. The van der Waals surface area contributed by atoms with E-state index in [4.69, 9.17) is 4.42 Å². The summed E-state index contributed by atoms with van der Waals surface area (Å²) in [4.78, 5) is 18.5. The molecule has 1 N–H and O–H groups in total. The number of hydrogen-bond donors (Lipinski definition) is 1. The maximum atomic E-state index is 13.2. The molecule has 1 amide bonds. The van der Waals surface area contributed by atoms with Crippen LogP contribution in [0.25, 0.3) is 0 Å². The average Bonchev–Trinajstić information content (AvgIpc) is 3.25. The van der Waals surface area contributed by atoms with Crippen molar-refractivity contribution in [2.75, 3.05) is 6.54 Å². The Balaban J connectivity index is 1.82. The van der Waals surface area contributed by atoms with Crippen molar-refractivity contribution in [2.24, 2.45) is 5.92 Å². The fraction of sp³-hybridized carbons (Fsp3) is 0.360. The van der Waals surface area contributed by atoms with E-state index in [-0.39, 0.29) is 30.7 Å². The lowest BCUT2D eigenvalue weighted by Gasteiger charge is -2.28. The number of halogens is 3. The lowest BCUT2D eigenvalue weighted by molar-refractivity contribution is -0.137. The molecule has 5 nitrogen and oxygen atoms in total. The van der Waals surface area contributed by atoms with E-state index in [0.29, 0.717) is 23.9 Å². The summed E-state index contributed by atoms with van der Waals surface area (Å²) in [6.45, 7) is 6.95. The van der Waals surface area contributed by atoms with Crippen LogP contribution in [0.3, 0.4) is 0 Å². The van der Waals surface area contributed by atoms with Crippen molar-refractivity contribution in [3.05, 3.63) is 89.1 Å². The minimum absolute atomic E-state index is 0.133. The predicted octanol–water partition coefficient (Wildman–Crippen LogP) is 5.84. The molecule has 1 aromatic heterocycles. The number of benzene rings is 2. The molecule has 1 atom stereocenters. The van der Waals surface area contributed by atoms with Crippen molar-refractivity contribution in [1.82, 2.24) is 15.2 Å². The number of rotatable bonds is 9. The summed E-state index contributed by atoms with van der Waals surface area (Å²) in [5, 5.41) is 2.79. The van der Waals surface area contributed by atoms with E-state index in [1.807, 2.05) is 56.0 Å². The Morgan fingerprint density at radius 3 is 2.45 bits per heavy atom. The predicted molar refractivity (Wildman–Crippen MR) is 119 cm³/mol. The summed E-state index contributed by atoms with van der Waals surface area (Å²) in [6.07, 6.45) is -3.10. The molecule has 176 valence electrons. The van der Waals surface area contributed by atoms with Gasteiger partial charge in [-0.05, 0) is 30.0 Å². The number of nitrogens with zero attached hydrogens (tertiary/aromatic N) is 2. The van der Waals surface area contributed by atoms with Crippen molar-refractivity contribution in [3.63, 3.8) is 0 Å². The second-order valence-electron chi connectivity index (χ2n) is 8.42. The molecule has 0 aliphatic heterocycles. The van der Waals surface area contributed by atoms with Gasteiger partial charge in [0.2, 0.25) is 5.89 Å². The Morgan fingerprint density at radius 1 is 1.06 bits per heavy atom. The van der Waals surface area contributed by atoms with Crippen LogP contribution in [0.4, 0.5) is 13.2 Å². The maximum absolute atomic E-state index is 13.2. The Bertz CT molecular complexity index is 1050. The van der Waals surface area contributed by atoms with Crippen LogP contribution in [-0.2, 0) is 19.3 Å². The van der Waals surface area contributed by atoms with Crippen LogP contribution in [0.15, 0.2) is 65.3 Å². The highest BCUT2D eigenvalue weighted by Crippen LogP contribution is 2.31. The topological polar surface area (TPSA) is 58.4 Å². The number of nitrogens with one attached hydrogen (secondary N) is 1. The molecule has 3 rings (SSSR count). The van der Waals surface area contributed by atoms with E-state index >= 15 is 0 Å². The molecule has 0 bridgehead atoms. The number of oxazole rings is 1. The van der Waals surface area contributed by atoms with Gasteiger partial charge in [0.15, 0.2) is 5.69 Å². The number of carbonyl (C=O) groups excluding carboxylic acids is 1. The zero-order valence-electron chi connectivity index (χ0n) is 18.9. The van der Waals surface area contributed by atoms with Gasteiger partial charge in [0.25, 0.3) is 5.91 Å². The number of alkyl halides is 3. The zero-order chi connectivity index (χ0) is 24.0. The lowest BCUT2D eigenvalue weighted by Crippen LogP contribution is -2.28. The summed E-state index contributed by atoms with van der Waals surface area (Å²) in [5.41, 5.74) is 1.02. The van der Waals surface area contributed by atoms with Crippen LogP contribution < -0.4 is 5.32 Å². The molecule has 0 radical (unpaired) electrons. The SMILES string of the molecule is CC(C)CNC(=O)c1coc(CN(Cc2cccc(C(F)(F)F)c2)[C@@H](C)c2ccccc2)n1. The monoisotopic (exact) mass is 459 g/mol. The standard InChI is InChI=1S/C25H28F3N3O2/c1-17(2)13-29-24(32)22-16-33-23(30-22)15-31(18(3)20-9-5-4-6-10-20)14-19-8-7-11-21(12-19)25(26,27)28/h4-12,16-18H,13-15H2,1-3H3,(H,29,32)/t18-/m0/s1. The molecular formula is C25H28F3N3O2. The van der Waals surface area contributed by atoms with E-state index < -0.39 is 11.7 Å². The van der Waals surface area contributed by atoms with E-state index in [0.717, 1.165) is 17.7 Å². The molecule has 0 aliphatic carbocycles. The van der Waals surface area contributed by atoms with Gasteiger partial charge < -0.3 is 9.73 Å². The highest BCUT2D eigenvalue weighted by molar-refractivity contribution is 5.91. The van der Waals surface area contributed by atoms with Crippen LogP contribution in [0.1, 0.15) is 59.9 Å². The van der Waals surface area contributed by atoms with Gasteiger partial charge in [-0.1, -0.05) is 62.4 Å². The molecule has 1 heterocycles. The molecule has 8 heteroatoms. The van der Waals surface area contributed by atoms with E-state index in [1.54, 1.807) is 6.07 Å². The molecule has 0 aliphatic rings. The Kier molecular flexibility index (Phi) is 7.92. The van der Waals surface area contributed by atoms with Gasteiger partial charge in [0.05, 0.1) is 12.1 Å². The first-order chi connectivity index (χ1) is 15.6. The summed E-state index contributed by atoms with van der Waals surface area (Å²) < 4.78 is 45.1. The van der Waals surface area contributed by atoms with Crippen molar-refractivity contribution in [1.29, 1.82) is 0 Å². The van der Waals surface area contributed by atoms with Gasteiger partial charge in [-0.2, -0.15) is 13.2 Å².